The molecule has 0 aromatic heterocycles. The van der Waals surface area contributed by atoms with Gasteiger partial charge in [-0.15, -0.1) is 0 Å². The Morgan fingerprint density at radius 1 is 1.24 bits per heavy atom. The van der Waals surface area contributed by atoms with E-state index in [0.717, 1.165) is 13.1 Å². The lowest BCUT2D eigenvalue weighted by molar-refractivity contribution is -0.130. The summed E-state index contributed by atoms with van der Waals surface area (Å²) < 4.78 is 0. The van der Waals surface area contributed by atoms with Gasteiger partial charge < -0.3 is 15.5 Å². The molecular weight excluding hydrogens is 234 g/mol. The van der Waals surface area contributed by atoms with Gasteiger partial charge in [0.25, 0.3) is 0 Å². The number of carbonyl (C=O) groups excluding carboxylic acids is 1. The third kappa shape index (κ3) is 9.06. The highest BCUT2D eigenvalue weighted by molar-refractivity contribution is 7.80. The van der Waals surface area contributed by atoms with Crippen molar-refractivity contribution in [1.29, 1.82) is 0 Å². The lowest BCUT2D eigenvalue weighted by atomic mass is 10.2. The predicted octanol–water partition coefficient (Wildman–Crippen LogP) is 1.10. The molecule has 100 valence electrons. The number of thiocarbonyl (C=S) groups is 1. The minimum Gasteiger partial charge on any atom is -0.393 e. The Hall–Kier alpha value is -0.680. The average Bonchev–Trinajstić information content (AvgIpc) is 2.21. The summed E-state index contributed by atoms with van der Waals surface area (Å²) in [5, 5.41) is 0. The number of rotatable bonds is 8. The number of carbonyl (C=O) groups is 1. The molecular formula is C12H25N3OS. The average molecular weight is 259 g/mol. The Balaban J connectivity index is 3.80. The first kappa shape index (κ1) is 16.3. The molecule has 17 heavy (non-hydrogen) atoms. The molecule has 0 bridgehead atoms. The number of hydrogen-bond acceptors (Lipinski definition) is 3. The largest absolute Gasteiger partial charge is 0.393 e. The van der Waals surface area contributed by atoms with E-state index in [9.17, 15) is 4.79 Å². The first-order chi connectivity index (χ1) is 7.82. The van der Waals surface area contributed by atoms with Crippen LogP contribution in [-0.4, -0.2) is 54.4 Å². The second-order valence-electron chi connectivity index (χ2n) is 4.94. The van der Waals surface area contributed by atoms with Gasteiger partial charge in [-0.1, -0.05) is 26.1 Å². The highest BCUT2D eigenvalue weighted by atomic mass is 32.1. The number of hydrogen-bond donors (Lipinski definition) is 1. The van der Waals surface area contributed by atoms with Crippen molar-refractivity contribution in [2.75, 3.05) is 33.7 Å². The van der Waals surface area contributed by atoms with E-state index in [1.54, 1.807) is 11.9 Å². The van der Waals surface area contributed by atoms with Gasteiger partial charge in [0.05, 0.1) is 4.99 Å². The molecule has 0 radical (unpaired) electrons. The molecule has 0 aliphatic carbocycles. The summed E-state index contributed by atoms with van der Waals surface area (Å²) in [5.41, 5.74) is 5.40. The molecule has 0 rings (SSSR count). The van der Waals surface area contributed by atoms with Crippen LogP contribution in [0.5, 0.6) is 0 Å². The molecule has 4 nitrogen and oxygen atoms in total. The highest BCUT2D eigenvalue weighted by Gasteiger charge is 2.10. The summed E-state index contributed by atoms with van der Waals surface area (Å²) in [6.07, 6.45) is 1.15. The summed E-state index contributed by atoms with van der Waals surface area (Å²) >= 11 is 4.79. The van der Waals surface area contributed by atoms with Gasteiger partial charge >= 0.3 is 0 Å². The first-order valence-electron chi connectivity index (χ1n) is 6.03. The number of nitrogens with zero attached hydrogens (tertiary/aromatic N) is 2. The Bertz CT molecular complexity index is 256. The van der Waals surface area contributed by atoms with Gasteiger partial charge in [-0.05, 0) is 13.0 Å². The quantitative estimate of drug-likeness (QED) is 0.663. The minimum atomic E-state index is 0.150. The van der Waals surface area contributed by atoms with Crippen molar-refractivity contribution in [2.24, 2.45) is 11.7 Å². The van der Waals surface area contributed by atoms with E-state index in [0.29, 0.717) is 30.3 Å². The van der Waals surface area contributed by atoms with Crippen LogP contribution in [-0.2, 0) is 4.79 Å². The van der Waals surface area contributed by atoms with Gasteiger partial charge in [-0.3, -0.25) is 4.79 Å². The zero-order chi connectivity index (χ0) is 13.4. The molecule has 0 aromatic carbocycles. The second-order valence-corrected chi connectivity index (χ2v) is 5.46. The lowest BCUT2D eigenvalue weighted by Gasteiger charge is -2.21. The fourth-order valence-corrected chi connectivity index (χ4v) is 1.69. The van der Waals surface area contributed by atoms with Crippen LogP contribution in [0.25, 0.3) is 0 Å². The van der Waals surface area contributed by atoms with Crippen molar-refractivity contribution in [2.45, 2.75) is 26.7 Å². The molecule has 1 amide bonds. The fourth-order valence-electron chi connectivity index (χ4n) is 1.59. The molecule has 0 aliphatic rings. The Morgan fingerprint density at radius 2 is 1.82 bits per heavy atom. The highest BCUT2D eigenvalue weighted by Crippen LogP contribution is 1.99. The SMILES string of the molecule is CC(C)CN(C)CCC(=O)N(C)CCC(N)=S. The van der Waals surface area contributed by atoms with Crippen LogP contribution < -0.4 is 5.73 Å². The van der Waals surface area contributed by atoms with Gasteiger partial charge in [0, 0.05) is 39.5 Å². The van der Waals surface area contributed by atoms with Crippen molar-refractivity contribution in [3.63, 3.8) is 0 Å². The van der Waals surface area contributed by atoms with Crippen molar-refractivity contribution >= 4 is 23.1 Å². The first-order valence-corrected chi connectivity index (χ1v) is 6.44. The molecule has 0 unspecified atom stereocenters. The van der Waals surface area contributed by atoms with Crippen LogP contribution in [0.1, 0.15) is 26.7 Å². The Morgan fingerprint density at radius 3 is 2.29 bits per heavy atom. The van der Waals surface area contributed by atoms with Crippen LogP contribution in [0.15, 0.2) is 0 Å². The third-order valence-electron chi connectivity index (χ3n) is 2.50. The smallest absolute Gasteiger partial charge is 0.223 e. The topological polar surface area (TPSA) is 49.6 Å². The van der Waals surface area contributed by atoms with Crippen molar-refractivity contribution in [1.82, 2.24) is 9.80 Å². The van der Waals surface area contributed by atoms with Crippen molar-refractivity contribution in [3.05, 3.63) is 0 Å². The molecule has 0 atom stereocenters. The third-order valence-corrected chi connectivity index (χ3v) is 2.71. The molecule has 5 heteroatoms. The molecule has 0 aliphatic heterocycles. The zero-order valence-corrected chi connectivity index (χ0v) is 12.2. The van der Waals surface area contributed by atoms with Gasteiger partial charge in [0.15, 0.2) is 0 Å². The molecule has 0 saturated heterocycles. The Labute approximate surface area is 110 Å². The summed E-state index contributed by atoms with van der Waals surface area (Å²) in [7, 11) is 3.84. The predicted molar refractivity (Wildman–Crippen MR) is 76.0 cm³/mol. The minimum absolute atomic E-state index is 0.150. The molecule has 0 saturated carbocycles. The van der Waals surface area contributed by atoms with Crippen molar-refractivity contribution < 1.29 is 4.79 Å². The zero-order valence-electron chi connectivity index (χ0n) is 11.4. The van der Waals surface area contributed by atoms with E-state index in [1.807, 2.05) is 7.05 Å². The summed E-state index contributed by atoms with van der Waals surface area (Å²) in [6, 6.07) is 0. The summed E-state index contributed by atoms with van der Waals surface area (Å²) in [5.74, 6) is 0.777. The maximum atomic E-state index is 11.8. The maximum Gasteiger partial charge on any atom is 0.223 e. The lowest BCUT2D eigenvalue weighted by Crippen LogP contribution is -2.33. The van der Waals surface area contributed by atoms with Crippen LogP contribution >= 0.6 is 12.2 Å². The van der Waals surface area contributed by atoms with Crippen LogP contribution in [0.3, 0.4) is 0 Å². The molecule has 2 N–H and O–H groups in total. The van der Waals surface area contributed by atoms with Crippen LogP contribution in [0, 0.1) is 5.92 Å². The van der Waals surface area contributed by atoms with E-state index < -0.39 is 0 Å². The van der Waals surface area contributed by atoms with E-state index in [2.05, 4.69) is 18.7 Å². The maximum absolute atomic E-state index is 11.8. The fraction of sp³-hybridized carbons (Fsp3) is 0.833. The standard InChI is InChI=1S/C12H25N3OS/c1-10(2)9-14(3)7-6-12(16)15(4)8-5-11(13)17/h10H,5-9H2,1-4H3,(H2,13,17). The van der Waals surface area contributed by atoms with Crippen LogP contribution in [0.2, 0.25) is 0 Å². The van der Waals surface area contributed by atoms with Gasteiger partial charge in [-0.2, -0.15) is 0 Å². The van der Waals surface area contributed by atoms with E-state index >= 15 is 0 Å². The molecule has 0 heterocycles. The van der Waals surface area contributed by atoms with Gasteiger partial charge in [0.2, 0.25) is 5.91 Å². The summed E-state index contributed by atoms with van der Waals surface area (Å²) in [6.45, 7) is 6.78. The number of amides is 1. The monoisotopic (exact) mass is 259 g/mol. The second kappa shape index (κ2) is 8.42. The van der Waals surface area contributed by atoms with E-state index in [1.165, 1.54) is 0 Å². The van der Waals surface area contributed by atoms with Crippen molar-refractivity contribution in [3.8, 4) is 0 Å². The van der Waals surface area contributed by atoms with Gasteiger partial charge in [-0.25, -0.2) is 0 Å². The Kier molecular flexibility index (Phi) is 8.08. The number of nitrogens with two attached hydrogens (primary N) is 1. The summed E-state index contributed by atoms with van der Waals surface area (Å²) in [4.78, 5) is 16.1. The van der Waals surface area contributed by atoms with Crippen LogP contribution in [0.4, 0.5) is 0 Å². The molecule has 0 fully saturated rings. The van der Waals surface area contributed by atoms with Gasteiger partial charge in [0.1, 0.15) is 0 Å². The van der Waals surface area contributed by atoms with E-state index in [4.69, 9.17) is 18.0 Å². The van der Waals surface area contributed by atoms with E-state index in [-0.39, 0.29) is 5.91 Å². The molecule has 0 spiro atoms. The molecule has 0 aromatic rings. The normalized spacial score (nSPS) is 10.9.